The van der Waals surface area contributed by atoms with Gasteiger partial charge in [0.05, 0.1) is 5.69 Å². The molecule has 1 atom stereocenters. The molecule has 1 fully saturated rings. The van der Waals surface area contributed by atoms with Crippen molar-refractivity contribution in [3.63, 3.8) is 0 Å². The maximum absolute atomic E-state index is 12.3. The highest BCUT2D eigenvalue weighted by Gasteiger charge is 2.26. The Kier molecular flexibility index (Phi) is 6.79. The lowest BCUT2D eigenvalue weighted by atomic mass is 9.94. The maximum atomic E-state index is 12.3. The molecule has 2 N–H and O–H groups in total. The van der Waals surface area contributed by atoms with Crippen molar-refractivity contribution in [3.8, 4) is 11.3 Å². The normalized spacial score (nSPS) is 17.0. The fourth-order valence-corrected chi connectivity index (χ4v) is 4.18. The van der Waals surface area contributed by atoms with Crippen LogP contribution in [0.25, 0.3) is 11.3 Å². The molecule has 1 unspecified atom stereocenters. The van der Waals surface area contributed by atoms with Gasteiger partial charge in [0.15, 0.2) is 5.13 Å². The smallest absolute Gasteiger partial charge is 0.321 e. The minimum absolute atomic E-state index is 0.196. The van der Waals surface area contributed by atoms with Gasteiger partial charge >= 0.3 is 6.03 Å². The molecule has 3 heterocycles. The number of rotatable bonds is 6. The zero-order valence-electron chi connectivity index (χ0n) is 16.3. The fourth-order valence-electron chi connectivity index (χ4n) is 3.46. The van der Waals surface area contributed by atoms with Crippen LogP contribution in [0.3, 0.4) is 0 Å². The number of pyridine rings is 1. The molecule has 0 saturated carbocycles. The summed E-state index contributed by atoms with van der Waals surface area (Å²) in [6, 6.07) is 4.00. The molecular weight excluding hydrogens is 358 g/mol. The van der Waals surface area contributed by atoms with E-state index < -0.39 is 0 Å². The second kappa shape index (κ2) is 9.28. The minimum atomic E-state index is -0.196. The highest BCUT2D eigenvalue weighted by atomic mass is 32.1. The molecule has 6 nitrogen and oxygen atoms in total. The van der Waals surface area contributed by atoms with E-state index in [1.165, 1.54) is 24.2 Å². The first-order valence-electron chi connectivity index (χ1n) is 9.67. The Labute approximate surface area is 165 Å². The molecule has 2 amide bonds. The lowest BCUT2D eigenvalue weighted by Crippen LogP contribution is -2.50. The molecule has 3 rings (SSSR count). The fraction of sp³-hybridized carbons (Fsp3) is 0.550. The molecular formula is C20H29N5OS. The Morgan fingerprint density at radius 2 is 2.15 bits per heavy atom. The Hall–Kier alpha value is -1.99. The van der Waals surface area contributed by atoms with Crippen LogP contribution in [0.15, 0.2) is 29.9 Å². The van der Waals surface area contributed by atoms with E-state index in [1.54, 1.807) is 12.4 Å². The van der Waals surface area contributed by atoms with Crippen LogP contribution in [-0.4, -0.2) is 46.6 Å². The lowest BCUT2D eigenvalue weighted by Gasteiger charge is -2.38. The molecule has 2 aromatic heterocycles. The molecule has 0 bridgehead atoms. The van der Waals surface area contributed by atoms with Crippen LogP contribution in [0.2, 0.25) is 0 Å². The number of nitrogens with one attached hydrogen (secondary N) is 2. The van der Waals surface area contributed by atoms with Gasteiger partial charge in [-0.3, -0.25) is 15.2 Å². The van der Waals surface area contributed by atoms with Crippen LogP contribution in [-0.2, 0) is 0 Å². The van der Waals surface area contributed by atoms with E-state index in [0.717, 1.165) is 30.3 Å². The summed E-state index contributed by atoms with van der Waals surface area (Å²) in [6.07, 6.45) is 5.99. The van der Waals surface area contributed by atoms with E-state index in [1.807, 2.05) is 17.5 Å². The van der Waals surface area contributed by atoms with Crippen LogP contribution in [0.1, 0.15) is 33.6 Å². The van der Waals surface area contributed by atoms with E-state index in [2.05, 4.69) is 46.3 Å². The molecule has 7 heteroatoms. The summed E-state index contributed by atoms with van der Waals surface area (Å²) in [7, 11) is 0. The highest BCUT2D eigenvalue weighted by Crippen LogP contribution is 2.24. The van der Waals surface area contributed by atoms with Gasteiger partial charge < -0.3 is 5.32 Å². The Morgan fingerprint density at radius 3 is 2.81 bits per heavy atom. The van der Waals surface area contributed by atoms with E-state index in [0.29, 0.717) is 23.6 Å². The van der Waals surface area contributed by atoms with E-state index >= 15 is 0 Å². The number of urea groups is 1. The number of likely N-dealkylation sites (tertiary alicyclic amines) is 1. The zero-order chi connectivity index (χ0) is 19.2. The van der Waals surface area contributed by atoms with Gasteiger partial charge in [-0.25, -0.2) is 9.78 Å². The number of hydrogen-bond acceptors (Lipinski definition) is 5. The number of aromatic nitrogens is 2. The number of anilines is 1. The Bertz CT molecular complexity index is 725. The summed E-state index contributed by atoms with van der Waals surface area (Å²) in [6.45, 7) is 9.66. The van der Waals surface area contributed by atoms with Gasteiger partial charge in [0, 0.05) is 35.9 Å². The predicted molar refractivity (Wildman–Crippen MR) is 111 cm³/mol. The number of nitrogens with zero attached hydrogens (tertiary/aromatic N) is 3. The third-order valence-corrected chi connectivity index (χ3v) is 5.97. The van der Waals surface area contributed by atoms with Crippen LogP contribution >= 0.6 is 11.3 Å². The first kappa shape index (κ1) is 19.8. The molecule has 0 aliphatic carbocycles. The molecule has 27 heavy (non-hydrogen) atoms. The molecule has 1 aliphatic heterocycles. The summed E-state index contributed by atoms with van der Waals surface area (Å²) >= 11 is 1.42. The van der Waals surface area contributed by atoms with Crippen molar-refractivity contribution < 1.29 is 4.79 Å². The monoisotopic (exact) mass is 387 g/mol. The quantitative estimate of drug-likeness (QED) is 0.783. The molecule has 0 aromatic carbocycles. The second-order valence-electron chi connectivity index (χ2n) is 7.64. The third kappa shape index (κ3) is 5.49. The van der Waals surface area contributed by atoms with Crippen molar-refractivity contribution >= 4 is 22.5 Å². The van der Waals surface area contributed by atoms with Gasteiger partial charge in [-0.05, 0) is 49.9 Å². The topological polar surface area (TPSA) is 70.2 Å². The van der Waals surface area contributed by atoms with Crippen molar-refractivity contribution in [2.45, 2.75) is 39.7 Å². The molecule has 146 valence electrons. The second-order valence-corrected chi connectivity index (χ2v) is 8.50. The van der Waals surface area contributed by atoms with E-state index in [4.69, 9.17) is 0 Å². The number of piperidine rings is 1. The predicted octanol–water partition coefficient (Wildman–Crippen LogP) is 4.08. The first-order valence-corrected chi connectivity index (χ1v) is 10.6. The number of hydrogen-bond donors (Lipinski definition) is 2. The average molecular weight is 388 g/mol. The van der Waals surface area contributed by atoms with Crippen LogP contribution < -0.4 is 10.6 Å². The lowest BCUT2D eigenvalue weighted by molar-refractivity contribution is 0.108. The molecule has 2 aromatic rings. The van der Waals surface area contributed by atoms with E-state index in [9.17, 15) is 4.79 Å². The van der Waals surface area contributed by atoms with Crippen LogP contribution in [0, 0.1) is 11.8 Å². The summed E-state index contributed by atoms with van der Waals surface area (Å²) in [5.41, 5.74) is 1.77. The van der Waals surface area contributed by atoms with Crippen molar-refractivity contribution in [2.24, 2.45) is 11.8 Å². The molecule has 0 spiro atoms. The van der Waals surface area contributed by atoms with Crippen molar-refractivity contribution in [3.05, 3.63) is 29.9 Å². The van der Waals surface area contributed by atoms with Crippen LogP contribution in [0.4, 0.5) is 9.93 Å². The van der Waals surface area contributed by atoms with Gasteiger partial charge in [0.1, 0.15) is 0 Å². The summed E-state index contributed by atoms with van der Waals surface area (Å²) in [5.74, 6) is 1.31. The highest BCUT2D eigenvalue weighted by molar-refractivity contribution is 7.14. The SMILES string of the molecule is CC1CCN(C(CNC(=O)Nc2nc(-c3cccnc3)cs2)C(C)C)CC1. The standard InChI is InChI=1S/C20H29N5OS/c1-14(2)18(25-9-6-15(3)7-10-25)12-22-19(26)24-20-23-17(13-27-20)16-5-4-8-21-11-16/h4-5,8,11,13-15,18H,6-7,9-10,12H2,1-3H3,(H2,22,23,24,26). The van der Waals surface area contributed by atoms with Gasteiger partial charge in [0.25, 0.3) is 0 Å². The van der Waals surface area contributed by atoms with Gasteiger partial charge in [0.2, 0.25) is 0 Å². The number of carbonyl (C=O) groups excluding carboxylic acids is 1. The minimum Gasteiger partial charge on any atom is -0.336 e. The maximum Gasteiger partial charge on any atom is 0.321 e. The van der Waals surface area contributed by atoms with Crippen molar-refractivity contribution in [1.29, 1.82) is 0 Å². The third-order valence-electron chi connectivity index (χ3n) is 5.21. The number of thiazole rings is 1. The molecule has 0 radical (unpaired) electrons. The number of carbonyl (C=O) groups is 1. The average Bonchev–Trinajstić information content (AvgIpc) is 3.12. The summed E-state index contributed by atoms with van der Waals surface area (Å²) in [5, 5.41) is 8.41. The first-order chi connectivity index (χ1) is 13.0. The van der Waals surface area contributed by atoms with Gasteiger partial charge in [-0.2, -0.15) is 0 Å². The largest absolute Gasteiger partial charge is 0.336 e. The van der Waals surface area contributed by atoms with Gasteiger partial charge in [-0.15, -0.1) is 11.3 Å². The summed E-state index contributed by atoms with van der Waals surface area (Å²) in [4.78, 5) is 23.4. The van der Waals surface area contributed by atoms with Gasteiger partial charge in [-0.1, -0.05) is 20.8 Å². The van der Waals surface area contributed by atoms with Crippen molar-refractivity contribution in [1.82, 2.24) is 20.2 Å². The summed E-state index contributed by atoms with van der Waals surface area (Å²) < 4.78 is 0. The van der Waals surface area contributed by atoms with E-state index in [-0.39, 0.29) is 6.03 Å². The zero-order valence-corrected chi connectivity index (χ0v) is 17.1. The Balaban J connectivity index is 1.52. The van der Waals surface area contributed by atoms with Crippen molar-refractivity contribution in [2.75, 3.05) is 25.0 Å². The number of amides is 2. The molecule has 1 saturated heterocycles. The molecule has 1 aliphatic rings. The van der Waals surface area contributed by atoms with Crippen LogP contribution in [0.5, 0.6) is 0 Å². The Morgan fingerprint density at radius 1 is 1.37 bits per heavy atom.